The number of nitrogens with one attached hydrogen (secondary N) is 2. The number of aromatic amines is 1. The summed E-state index contributed by atoms with van der Waals surface area (Å²) in [6.45, 7) is 3.38. The molecule has 0 amide bonds. The number of anilines is 3. The van der Waals surface area contributed by atoms with Gasteiger partial charge in [0.25, 0.3) is 0 Å². The molecule has 0 saturated heterocycles. The summed E-state index contributed by atoms with van der Waals surface area (Å²) in [5.74, 6) is 3.41. The minimum Gasteiger partial charge on any atom is -0.370 e. The lowest BCUT2D eigenvalue weighted by Crippen LogP contribution is -2.14. The highest BCUT2D eigenvalue weighted by Gasteiger charge is 2.08. The Kier molecular flexibility index (Phi) is 4.35. The predicted octanol–water partition coefficient (Wildman–Crippen LogP) is 1.64. The van der Waals surface area contributed by atoms with E-state index in [4.69, 9.17) is 5.73 Å². The minimum absolute atomic E-state index is 0.673. The molecule has 0 bridgehead atoms. The molecular weight excluding hydrogens is 240 g/mol. The first-order chi connectivity index (χ1) is 9.20. The van der Waals surface area contributed by atoms with Crippen molar-refractivity contribution >= 4 is 17.5 Å². The number of hydrogen-bond acceptors (Lipinski definition) is 5. The van der Waals surface area contributed by atoms with Crippen molar-refractivity contribution < 1.29 is 0 Å². The van der Waals surface area contributed by atoms with Crippen LogP contribution in [0.2, 0.25) is 0 Å². The molecule has 102 valence electrons. The Morgan fingerprint density at radius 2 is 2.26 bits per heavy atom. The second-order valence-corrected chi connectivity index (χ2v) is 4.34. The number of hydrogen-bond donors (Lipinski definition) is 3. The van der Waals surface area contributed by atoms with E-state index >= 15 is 0 Å². The van der Waals surface area contributed by atoms with E-state index in [1.54, 1.807) is 0 Å². The fraction of sp³-hybridized carbons (Fsp3) is 0.385. The lowest BCUT2D eigenvalue weighted by atomic mass is 10.4. The monoisotopic (exact) mass is 260 g/mol. The molecule has 0 spiro atoms. The van der Waals surface area contributed by atoms with Crippen LogP contribution in [0.3, 0.4) is 0 Å². The predicted molar refractivity (Wildman–Crippen MR) is 77.8 cm³/mol. The van der Waals surface area contributed by atoms with Crippen molar-refractivity contribution in [2.75, 3.05) is 30.4 Å². The first-order valence-corrected chi connectivity index (χ1v) is 6.37. The Hall–Kier alpha value is -2.08. The second kappa shape index (κ2) is 6.19. The van der Waals surface area contributed by atoms with E-state index < -0.39 is 0 Å². The van der Waals surface area contributed by atoms with Crippen molar-refractivity contribution in [3.8, 4) is 0 Å². The SMILES string of the molecule is Cc1nc(NCCCN)cc(N(C)c2ccc[nH]2)n1. The second-order valence-electron chi connectivity index (χ2n) is 4.34. The molecule has 0 saturated carbocycles. The summed E-state index contributed by atoms with van der Waals surface area (Å²) >= 11 is 0. The maximum atomic E-state index is 5.48. The molecule has 2 heterocycles. The lowest BCUT2D eigenvalue weighted by molar-refractivity contribution is 0.866. The zero-order chi connectivity index (χ0) is 13.7. The number of aromatic nitrogens is 3. The largest absolute Gasteiger partial charge is 0.370 e. The molecule has 0 aliphatic rings. The zero-order valence-electron chi connectivity index (χ0n) is 11.3. The van der Waals surface area contributed by atoms with Crippen molar-refractivity contribution in [2.24, 2.45) is 5.73 Å². The quantitative estimate of drug-likeness (QED) is 0.688. The van der Waals surface area contributed by atoms with Gasteiger partial charge in [-0.1, -0.05) is 0 Å². The van der Waals surface area contributed by atoms with Crippen molar-refractivity contribution in [3.05, 3.63) is 30.2 Å². The van der Waals surface area contributed by atoms with E-state index in [1.165, 1.54) is 0 Å². The molecule has 6 heteroatoms. The normalized spacial score (nSPS) is 10.5. The van der Waals surface area contributed by atoms with Gasteiger partial charge in [-0.2, -0.15) is 0 Å². The first kappa shape index (κ1) is 13.4. The van der Waals surface area contributed by atoms with Crippen LogP contribution < -0.4 is 16.0 Å². The summed E-state index contributed by atoms with van der Waals surface area (Å²) in [5, 5.41) is 3.26. The fourth-order valence-corrected chi connectivity index (χ4v) is 1.79. The standard InChI is InChI=1S/C13H20N6/c1-10-17-11(15-8-4-6-14)9-13(18-10)19(2)12-5-3-7-16-12/h3,5,7,9,16H,4,6,8,14H2,1-2H3,(H,15,17,18). The molecule has 2 rings (SSSR count). The van der Waals surface area contributed by atoms with Crippen molar-refractivity contribution in [2.45, 2.75) is 13.3 Å². The highest BCUT2D eigenvalue weighted by molar-refractivity contribution is 5.58. The van der Waals surface area contributed by atoms with Gasteiger partial charge in [-0.15, -0.1) is 0 Å². The van der Waals surface area contributed by atoms with E-state index in [1.807, 2.05) is 43.3 Å². The minimum atomic E-state index is 0.673. The Balaban J connectivity index is 2.16. The number of rotatable bonds is 6. The van der Waals surface area contributed by atoms with Crippen LogP contribution in [0.1, 0.15) is 12.2 Å². The first-order valence-electron chi connectivity index (χ1n) is 6.37. The smallest absolute Gasteiger partial charge is 0.139 e. The van der Waals surface area contributed by atoms with Crippen LogP contribution in [0.15, 0.2) is 24.4 Å². The van der Waals surface area contributed by atoms with Crippen molar-refractivity contribution in [1.29, 1.82) is 0 Å². The van der Waals surface area contributed by atoms with Gasteiger partial charge in [-0.05, 0) is 32.0 Å². The third-order valence-corrected chi connectivity index (χ3v) is 2.80. The summed E-state index contributed by atoms with van der Waals surface area (Å²) in [6.07, 6.45) is 2.81. The van der Waals surface area contributed by atoms with Gasteiger partial charge in [0, 0.05) is 25.9 Å². The highest BCUT2D eigenvalue weighted by atomic mass is 15.2. The van der Waals surface area contributed by atoms with Gasteiger partial charge in [0.15, 0.2) is 0 Å². The maximum absolute atomic E-state index is 5.48. The average Bonchev–Trinajstić information content (AvgIpc) is 2.91. The van der Waals surface area contributed by atoms with Gasteiger partial charge in [-0.3, -0.25) is 0 Å². The van der Waals surface area contributed by atoms with E-state index in [-0.39, 0.29) is 0 Å². The van der Waals surface area contributed by atoms with Gasteiger partial charge in [0.05, 0.1) is 0 Å². The van der Waals surface area contributed by atoms with Crippen LogP contribution in [0.4, 0.5) is 17.5 Å². The number of nitrogens with two attached hydrogens (primary N) is 1. The molecule has 6 nitrogen and oxygen atoms in total. The van der Waals surface area contributed by atoms with Crippen LogP contribution in [0.5, 0.6) is 0 Å². The third kappa shape index (κ3) is 3.45. The summed E-state index contributed by atoms with van der Waals surface area (Å²) in [7, 11) is 1.97. The van der Waals surface area contributed by atoms with Gasteiger partial charge >= 0.3 is 0 Å². The fourth-order valence-electron chi connectivity index (χ4n) is 1.79. The maximum Gasteiger partial charge on any atom is 0.139 e. The van der Waals surface area contributed by atoms with Gasteiger partial charge < -0.3 is 20.9 Å². The topological polar surface area (TPSA) is 82.9 Å². The lowest BCUT2D eigenvalue weighted by Gasteiger charge is -2.17. The summed E-state index contributed by atoms with van der Waals surface area (Å²) in [5.41, 5.74) is 5.48. The molecule has 19 heavy (non-hydrogen) atoms. The summed E-state index contributed by atoms with van der Waals surface area (Å²) < 4.78 is 0. The van der Waals surface area contributed by atoms with Gasteiger partial charge in [-0.25, -0.2) is 9.97 Å². The number of nitrogens with zero attached hydrogens (tertiary/aromatic N) is 3. The van der Waals surface area contributed by atoms with Crippen LogP contribution in [0, 0.1) is 6.92 Å². The molecule has 2 aromatic rings. The molecule has 0 fully saturated rings. The average molecular weight is 260 g/mol. The van der Waals surface area contributed by atoms with Crippen LogP contribution in [0.25, 0.3) is 0 Å². The molecular formula is C13H20N6. The van der Waals surface area contributed by atoms with E-state index in [0.29, 0.717) is 6.54 Å². The molecule has 0 atom stereocenters. The van der Waals surface area contributed by atoms with Crippen LogP contribution in [-0.2, 0) is 0 Å². The van der Waals surface area contributed by atoms with E-state index in [9.17, 15) is 0 Å². The molecule has 0 aliphatic heterocycles. The molecule has 4 N–H and O–H groups in total. The Morgan fingerprint density at radius 3 is 2.95 bits per heavy atom. The Morgan fingerprint density at radius 1 is 1.42 bits per heavy atom. The number of H-pyrrole nitrogens is 1. The Bertz CT molecular complexity index is 508. The summed E-state index contributed by atoms with van der Waals surface area (Å²) in [4.78, 5) is 14.0. The van der Waals surface area contributed by atoms with Gasteiger partial charge in [0.2, 0.25) is 0 Å². The van der Waals surface area contributed by atoms with Crippen LogP contribution in [-0.4, -0.2) is 35.1 Å². The molecule has 0 aromatic carbocycles. The van der Waals surface area contributed by atoms with Crippen molar-refractivity contribution in [3.63, 3.8) is 0 Å². The van der Waals surface area contributed by atoms with Gasteiger partial charge in [0.1, 0.15) is 23.3 Å². The van der Waals surface area contributed by atoms with Crippen LogP contribution >= 0.6 is 0 Å². The number of aryl methyl sites for hydroxylation is 1. The highest BCUT2D eigenvalue weighted by Crippen LogP contribution is 2.21. The van der Waals surface area contributed by atoms with Crippen molar-refractivity contribution in [1.82, 2.24) is 15.0 Å². The Labute approximate surface area is 113 Å². The molecule has 0 aliphatic carbocycles. The van der Waals surface area contributed by atoms with E-state index in [2.05, 4.69) is 20.3 Å². The molecule has 0 radical (unpaired) electrons. The zero-order valence-corrected chi connectivity index (χ0v) is 11.3. The molecule has 2 aromatic heterocycles. The van der Waals surface area contributed by atoms with E-state index in [0.717, 1.165) is 36.2 Å². The summed E-state index contributed by atoms with van der Waals surface area (Å²) in [6, 6.07) is 5.89. The third-order valence-electron chi connectivity index (χ3n) is 2.80. The molecule has 0 unspecified atom stereocenters.